The van der Waals surface area contributed by atoms with E-state index in [1.807, 2.05) is 48.5 Å². The molecule has 5 heteroatoms. The van der Waals surface area contributed by atoms with Gasteiger partial charge in [-0.15, -0.1) is 0 Å². The molecule has 2 aromatic carbocycles. The number of nitrogens with one attached hydrogen (secondary N) is 2. The summed E-state index contributed by atoms with van der Waals surface area (Å²) in [6, 6.07) is 13.6. The number of hydrazine groups is 1. The van der Waals surface area contributed by atoms with Crippen LogP contribution in [0.5, 0.6) is 5.75 Å². The Morgan fingerprint density at radius 3 is 2.72 bits per heavy atom. The summed E-state index contributed by atoms with van der Waals surface area (Å²) < 4.78 is 5.68. The average molecular weight is 338 g/mol. The second kappa shape index (κ2) is 7.83. The standard InChI is InChI=1S/C20H22N2O3/c1-14(20(24)22-21-19(23)12-15-6-2-3-7-15)25-18-11-10-16-8-4-5-9-17(16)13-18/h2,4-6,8-11,13-15H,3,7,12H2,1H3,(H,21,23)(H,22,24). The van der Waals surface area contributed by atoms with Gasteiger partial charge in [0.05, 0.1) is 0 Å². The second-order valence-corrected chi connectivity index (χ2v) is 6.28. The van der Waals surface area contributed by atoms with Crippen molar-refractivity contribution < 1.29 is 14.3 Å². The van der Waals surface area contributed by atoms with E-state index in [-0.39, 0.29) is 17.7 Å². The van der Waals surface area contributed by atoms with Crippen molar-refractivity contribution in [2.24, 2.45) is 5.92 Å². The lowest BCUT2D eigenvalue weighted by Crippen LogP contribution is -2.47. The van der Waals surface area contributed by atoms with E-state index in [0.29, 0.717) is 12.2 Å². The number of carbonyl (C=O) groups is 2. The van der Waals surface area contributed by atoms with E-state index >= 15 is 0 Å². The highest BCUT2D eigenvalue weighted by Crippen LogP contribution is 2.21. The van der Waals surface area contributed by atoms with Crippen LogP contribution in [0.25, 0.3) is 10.8 Å². The lowest BCUT2D eigenvalue weighted by Gasteiger charge is -2.16. The number of amides is 2. The highest BCUT2D eigenvalue weighted by Gasteiger charge is 2.17. The Morgan fingerprint density at radius 2 is 1.96 bits per heavy atom. The predicted octanol–water partition coefficient (Wildman–Crippen LogP) is 3.11. The molecule has 0 heterocycles. The number of carbonyl (C=O) groups excluding carboxylic acids is 2. The van der Waals surface area contributed by atoms with Crippen molar-refractivity contribution in [3.8, 4) is 5.75 Å². The van der Waals surface area contributed by atoms with Crippen molar-refractivity contribution in [3.05, 3.63) is 54.6 Å². The largest absolute Gasteiger partial charge is 0.481 e. The van der Waals surface area contributed by atoms with Crippen molar-refractivity contribution in [2.45, 2.75) is 32.3 Å². The topological polar surface area (TPSA) is 67.4 Å². The van der Waals surface area contributed by atoms with Crippen molar-refractivity contribution in [3.63, 3.8) is 0 Å². The summed E-state index contributed by atoms with van der Waals surface area (Å²) in [5.41, 5.74) is 4.88. The number of hydrogen-bond donors (Lipinski definition) is 2. The van der Waals surface area contributed by atoms with Crippen LogP contribution in [0.3, 0.4) is 0 Å². The molecule has 2 atom stereocenters. The molecule has 0 bridgehead atoms. The molecule has 3 rings (SSSR count). The fourth-order valence-electron chi connectivity index (χ4n) is 2.89. The Bertz CT molecular complexity index is 800. The average Bonchev–Trinajstić information content (AvgIpc) is 3.12. The van der Waals surface area contributed by atoms with Crippen LogP contribution >= 0.6 is 0 Å². The van der Waals surface area contributed by atoms with Crippen molar-refractivity contribution in [1.29, 1.82) is 0 Å². The summed E-state index contributed by atoms with van der Waals surface area (Å²) in [4.78, 5) is 23.9. The number of rotatable bonds is 5. The van der Waals surface area contributed by atoms with Crippen molar-refractivity contribution >= 4 is 22.6 Å². The van der Waals surface area contributed by atoms with E-state index in [4.69, 9.17) is 4.74 Å². The van der Waals surface area contributed by atoms with Gasteiger partial charge in [-0.3, -0.25) is 20.4 Å². The molecule has 2 amide bonds. The van der Waals surface area contributed by atoms with Gasteiger partial charge in [-0.2, -0.15) is 0 Å². The Labute approximate surface area is 147 Å². The molecule has 0 saturated heterocycles. The molecule has 5 nitrogen and oxygen atoms in total. The third kappa shape index (κ3) is 4.59. The molecule has 2 N–H and O–H groups in total. The van der Waals surface area contributed by atoms with E-state index in [2.05, 4.69) is 16.9 Å². The molecule has 0 radical (unpaired) electrons. The Kier molecular flexibility index (Phi) is 5.33. The molecule has 25 heavy (non-hydrogen) atoms. The van der Waals surface area contributed by atoms with Crippen LogP contribution < -0.4 is 15.6 Å². The zero-order chi connectivity index (χ0) is 17.6. The second-order valence-electron chi connectivity index (χ2n) is 6.28. The van der Waals surface area contributed by atoms with Gasteiger partial charge in [0.1, 0.15) is 5.75 Å². The first-order valence-corrected chi connectivity index (χ1v) is 8.52. The van der Waals surface area contributed by atoms with Crippen LogP contribution in [0.4, 0.5) is 0 Å². The maximum atomic E-state index is 12.1. The number of ether oxygens (including phenoxy) is 1. The number of hydrogen-bond acceptors (Lipinski definition) is 3. The molecule has 0 spiro atoms. The smallest absolute Gasteiger partial charge is 0.279 e. The Balaban J connectivity index is 1.49. The van der Waals surface area contributed by atoms with E-state index in [9.17, 15) is 9.59 Å². The molecule has 1 aliphatic rings. The van der Waals surface area contributed by atoms with Gasteiger partial charge in [0, 0.05) is 6.42 Å². The molecule has 2 aromatic rings. The van der Waals surface area contributed by atoms with Crippen molar-refractivity contribution in [2.75, 3.05) is 0 Å². The summed E-state index contributed by atoms with van der Waals surface area (Å²) in [6.45, 7) is 1.65. The molecular weight excluding hydrogens is 316 g/mol. The van der Waals surface area contributed by atoms with Gasteiger partial charge in [0.2, 0.25) is 5.91 Å². The highest BCUT2D eigenvalue weighted by atomic mass is 16.5. The maximum absolute atomic E-state index is 12.1. The summed E-state index contributed by atoms with van der Waals surface area (Å²) in [6.07, 6.45) is 5.80. The molecular formula is C20H22N2O3. The fourth-order valence-corrected chi connectivity index (χ4v) is 2.89. The maximum Gasteiger partial charge on any atom is 0.279 e. The van der Waals surface area contributed by atoms with Gasteiger partial charge in [-0.05, 0) is 48.6 Å². The quantitative estimate of drug-likeness (QED) is 0.650. The third-order valence-electron chi connectivity index (χ3n) is 4.29. The normalized spacial score (nSPS) is 17.2. The first-order valence-electron chi connectivity index (χ1n) is 8.52. The summed E-state index contributed by atoms with van der Waals surface area (Å²) in [7, 11) is 0. The Hall–Kier alpha value is -2.82. The number of benzene rings is 2. The predicted molar refractivity (Wildman–Crippen MR) is 96.8 cm³/mol. The molecule has 0 aromatic heterocycles. The summed E-state index contributed by atoms with van der Waals surface area (Å²) in [5, 5.41) is 2.16. The van der Waals surface area contributed by atoms with Crippen molar-refractivity contribution in [1.82, 2.24) is 10.9 Å². The van der Waals surface area contributed by atoms with Gasteiger partial charge in [0.25, 0.3) is 5.91 Å². The van der Waals surface area contributed by atoms with Gasteiger partial charge >= 0.3 is 0 Å². The SMILES string of the molecule is CC(Oc1ccc2ccccc2c1)C(=O)NNC(=O)CC1C=CCC1. The van der Waals surface area contributed by atoms with Gasteiger partial charge in [-0.25, -0.2) is 0 Å². The Morgan fingerprint density at radius 1 is 1.16 bits per heavy atom. The first-order chi connectivity index (χ1) is 12.1. The van der Waals surface area contributed by atoms with E-state index < -0.39 is 6.10 Å². The zero-order valence-electron chi connectivity index (χ0n) is 14.2. The fraction of sp³-hybridized carbons (Fsp3) is 0.300. The lowest BCUT2D eigenvalue weighted by molar-refractivity contribution is -0.133. The zero-order valence-corrected chi connectivity index (χ0v) is 14.2. The van der Waals surface area contributed by atoms with E-state index in [1.165, 1.54) is 0 Å². The van der Waals surface area contributed by atoms with Crippen LogP contribution in [-0.4, -0.2) is 17.9 Å². The van der Waals surface area contributed by atoms with Crippen LogP contribution in [0.2, 0.25) is 0 Å². The summed E-state index contributed by atoms with van der Waals surface area (Å²) >= 11 is 0. The molecule has 130 valence electrons. The van der Waals surface area contributed by atoms with Gasteiger partial charge in [0.15, 0.2) is 6.10 Å². The number of fused-ring (bicyclic) bond motifs is 1. The van der Waals surface area contributed by atoms with Gasteiger partial charge < -0.3 is 4.74 Å². The van der Waals surface area contributed by atoms with E-state index in [0.717, 1.165) is 23.6 Å². The van der Waals surface area contributed by atoms with Crippen LogP contribution in [0.15, 0.2) is 54.6 Å². The highest BCUT2D eigenvalue weighted by molar-refractivity contribution is 5.86. The molecule has 0 saturated carbocycles. The minimum absolute atomic E-state index is 0.192. The van der Waals surface area contributed by atoms with Crippen LogP contribution in [0, 0.1) is 5.92 Å². The lowest BCUT2D eigenvalue weighted by atomic mass is 10.1. The molecule has 2 unspecified atom stereocenters. The first kappa shape index (κ1) is 17.0. The van der Waals surface area contributed by atoms with Crippen LogP contribution in [-0.2, 0) is 9.59 Å². The summed E-state index contributed by atoms with van der Waals surface area (Å²) in [5.74, 6) is 0.304. The van der Waals surface area contributed by atoms with Gasteiger partial charge in [-0.1, -0.05) is 42.5 Å². The third-order valence-corrected chi connectivity index (χ3v) is 4.29. The molecule has 1 aliphatic carbocycles. The molecule has 0 aliphatic heterocycles. The van der Waals surface area contributed by atoms with Crippen LogP contribution in [0.1, 0.15) is 26.2 Å². The minimum atomic E-state index is -0.715. The minimum Gasteiger partial charge on any atom is -0.481 e. The number of allylic oxidation sites excluding steroid dienone is 2. The molecule has 0 fully saturated rings. The monoisotopic (exact) mass is 338 g/mol. The van der Waals surface area contributed by atoms with E-state index in [1.54, 1.807) is 6.92 Å².